The normalized spacial score (nSPS) is 29.7. The zero-order chi connectivity index (χ0) is 10.7. The van der Waals surface area contributed by atoms with E-state index in [0.717, 1.165) is 12.5 Å². The summed E-state index contributed by atoms with van der Waals surface area (Å²) >= 11 is 0. The highest BCUT2D eigenvalue weighted by Crippen LogP contribution is 2.23. The minimum Gasteiger partial charge on any atom is -0.298 e. The molecule has 0 aromatic heterocycles. The first kappa shape index (κ1) is 11.0. The molecule has 0 amide bonds. The van der Waals surface area contributed by atoms with E-state index < -0.39 is 0 Å². The number of rotatable bonds is 3. The van der Waals surface area contributed by atoms with E-state index in [9.17, 15) is 0 Å². The summed E-state index contributed by atoms with van der Waals surface area (Å²) in [5, 5.41) is 0. The largest absolute Gasteiger partial charge is 0.298 e. The molecule has 2 fully saturated rings. The van der Waals surface area contributed by atoms with Gasteiger partial charge in [0.2, 0.25) is 0 Å². The molecule has 2 heteroatoms. The van der Waals surface area contributed by atoms with Crippen LogP contribution in [0.25, 0.3) is 0 Å². The number of terminal acetylenes is 1. The van der Waals surface area contributed by atoms with E-state index >= 15 is 0 Å². The van der Waals surface area contributed by atoms with Gasteiger partial charge in [0.15, 0.2) is 0 Å². The number of piperazine rings is 1. The highest BCUT2D eigenvalue weighted by Gasteiger charge is 2.32. The fraction of sp³-hybridized carbons (Fsp3) is 0.846. The van der Waals surface area contributed by atoms with Crippen LogP contribution in [-0.4, -0.2) is 48.1 Å². The molecule has 2 aliphatic rings. The molecule has 2 saturated heterocycles. The molecule has 0 aliphatic carbocycles. The van der Waals surface area contributed by atoms with Crippen LogP contribution in [0.4, 0.5) is 0 Å². The first-order chi connectivity index (χ1) is 7.35. The van der Waals surface area contributed by atoms with Gasteiger partial charge in [-0.1, -0.05) is 6.92 Å². The van der Waals surface area contributed by atoms with E-state index in [1.807, 2.05) is 0 Å². The van der Waals surface area contributed by atoms with Gasteiger partial charge in [0.1, 0.15) is 0 Å². The highest BCUT2D eigenvalue weighted by molar-refractivity contribution is 4.94. The van der Waals surface area contributed by atoms with E-state index in [0.29, 0.717) is 6.04 Å². The molecular weight excluding hydrogens is 184 g/mol. The molecule has 2 heterocycles. The lowest BCUT2D eigenvalue weighted by molar-refractivity contribution is 0.0714. The molecule has 0 saturated carbocycles. The smallest absolute Gasteiger partial charge is 0.0242 e. The van der Waals surface area contributed by atoms with Gasteiger partial charge in [-0.15, -0.1) is 12.3 Å². The van der Waals surface area contributed by atoms with Crippen molar-refractivity contribution in [1.29, 1.82) is 0 Å². The SMILES string of the molecule is C#CCC(CC)N1CCN2CCCC2C1. The van der Waals surface area contributed by atoms with Crippen molar-refractivity contribution in [2.24, 2.45) is 0 Å². The maximum Gasteiger partial charge on any atom is 0.0242 e. The second-order valence-electron chi connectivity index (χ2n) is 4.80. The third kappa shape index (κ3) is 2.35. The van der Waals surface area contributed by atoms with Gasteiger partial charge < -0.3 is 0 Å². The van der Waals surface area contributed by atoms with Gasteiger partial charge in [0.05, 0.1) is 0 Å². The standard InChI is InChI=1S/C13H22N2/c1-3-6-12(4-2)15-10-9-14-8-5-7-13(14)11-15/h1,12-13H,4-11H2,2H3. The monoisotopic (exact) mass is 206 g/mol. The Kier molecular flexibility index (Phi) is 3.66. The number of fused-ring (bicyclic) bond motifs is 1. The molecule has 0 bridgehead atoms. The lowest BCUT2D eigenvalue weighted by Gasteiger charge is -2.41. The van der Waals surface area contributed by atoms with Crippen molar-refractivity contribution < 1.29 is 0 Å². The lowest BCUT2D eigenvalue weighted by atomic mass is 10.1. The fourth-order valence-corrected chi connectivity index (χ4v) is 3.01. The second kappa shape index (κ2) is 5.01. The molecule has 2 rings (SSSR count). The highest BCUT2D eigenvalue weighted by atomic mass is 15.3. The fourth-order valence-electron chi connectivity index (χ4n) is 3.01. The summed E-state index contributed by atoms with van der Waals surface area (Å²) in [6.07, 6.45) is 10.3. The van der Waals surface area contributed by atoms with Crippen LogP contribution in [0.1, 0.15) is 32.6 Å². The van der Waals surface area contributed by atoms with Crippen molar-refractivity contribution in [3.8, 4) is 12.3 Å². The van der Waals surface area contributed by atoms with Gasteiger partial charge in [-0.3, -0.25) is 9.80 Å². The predicted molar refractivity (Wildman–Crippen MR) is 63.7 cm³/mol. The first-order valence-electron chi connectivity index (χ1n) is 6.26. The van der Waals surface area contributed by atoms with Crippen LogP contribution in [0.15, 0.2) is 0 Å². The summed E-state index contributed by atoms with van der Waals surface area (Å²) in [6, 6.07) is 1.45. The Hall–Kier alpha value is -0.520. The quantitative estimate of drug-likeness (QED) is 0.647. The Morgan fingerprint density at radius 2 is 2.27 bits per heavy atom. The maximum atomic E-state index is 5.43. The maximum absolute atomic E-state index is 5.43. The van der Waals surface area contributed by atoms with Crippen molar-refractivity contribution in [2.75, 3.05) is 26.2 Å². The molecule has 0 radical (unpaired) electrons. The predicted octanol–water partition coefficient (Wildman–Crippen LogP) is 1.57. The van der Waals surface area contributed by atoms with Crippen LogP contribution in [-0.2, 0) is 0 Å². The number of hydrogen-bond donors (Lipinski definition) is 0. The first-order valence-corrected chi connectivity index (χ1v) is 6.26. The topological polar surface area (TPSA) is 6.48 Å². The van der Waals surface area contributed by atoms with Gasteiger partial charge >= 0.3 is 0 Å². The van der Waals surface area contributed by atoms with Gasteiger partial charge in [-0.2, -0.15) is 0 Å². The third-order valence-corrected chi connectivity index (χ3v) is 3.96. The van der Waals surface area contributed by atoms with E-state index in [-0.39, 0.29) is 0 Å². The van der Waals surface area contributed by atoms with Crippen molar-refractivity contribution >= 4 is 0 Å². The molecule has 2 atom stereocenters. The van der Waals surface area contributed by atoms with Crippen molar-refractivity contribution in [2.45, 2.75) is 44.7 Å². The Morgan fingerprint density at radius 1 is 1.40 bits per heavy atom. The molecule has 0 N–H and O–H groups in total. The summed E-state index contributed by atoms with van der Waals surface area (Å²) in [7, 11) is 0. The van der Waals surface area contributed by atoms with Gasteiger partial charge in [-0.05, 0) is 25.8 Å². The summed E-state index contributed by atoms with van der Waals surface area (Å²) in [5.74, 6) is 2.82. The Labute approximate surface area is 93.6 Å². The van der Waals surface area contributed by atoms with Gasteiger partial charge in [-0.25, -0.2) is 0 Å². The Bertz CT molecular complexity index is 243. The molecule has 15 heavy (non-hydrogen) atoms. The molecule has 84 valence electrons. The minimum atomic E-state index is 0.623. The molecule has 0 spiro atoms. The van der Waals surface area contributed by atoms with E-state index in [1.54, 1.807) is 0 Å². The van der Waals surface area contributed by atoms with Gasteiger partial charge in [0.25, 0.3) is 0 Å². The van der Waals surface area contributed by atoms with Crippen LogP contribution < -0.4 is 0 Å². The zero-order valence-corrected chi connectivity index (χ0v) is 9.78. The van der Waals surface area contributed by atoms with Crippen LogP contribution in [0.2, 0.25) is 0 Å². The molecule has 0 aromatic rings. The van der Waals surface area contributed by atoms with Crippen molar-refractivity contribution in [1.82, 2.24) is 9.80 Å². The zero-order valence-electron chi connectivity index (χ0n) is 9.78. The van der Waals surface area contributed by atoms with E-state index in [2.05, 4.69) is 22.6 Å². The van der Waals surface area contributed by atoms with Crippen LogP contribution in [0.5, 0.6) is 0 Å². The van der Waals surface area contributed by atoms with Crippen molar-refractivity contribution in [3.05, 3.63) is 0 Å². The van der Waals surface area contributed by atoms with Gasteiger partial charge in [0, 0.05) is 38.1 Å². The number of nitrogens with zero attached hydrogens (tertiary/aromatic N) is 2. The summed E-state index contributed by atoms with van der Waals surface area (Å²) in [5.41, 5.74) is 0. The van der Waals surface area contributed by atoms with Crippen LogP contribution in [0.3, 0.4) is 0 Å². The molecule has 0 aromatic carbocycles. The summed E-state index contributed by atoms with van der Waals surface area (Å²) < 4.78 is 0. The second-order valence-corrected chi connectivity index (χ2v) is 4.80. The molecule has 2 aliphatic heterocycles. The van der Waals surface area contributed by atoms with Crippen molar-refractivity contribution in [3.63, 3.8) is 0 Å². The summed E-state index contributed by atoms with van der Waals surface area (Å²) in [4.78, 5) is 5.27. The lowest BCUT2D eigenvalue weighted by Crippen LogP contribution is -2.53. The van der Waals surface area contributed by atoms with E-state index in [4.69, 9.17) is 6.42 Å². The number of hydrogen-bond acceptors (Lipinski definition) is 2. The third-order valence-electron chi connectivity index (χ3n) is 3.96. The minimum absolute atomic E-state index is 0.623. The molecule has 2 nitrogen and oxygen atoms in total. The molecular formula is C13H22N2. The van der Waals surface area contributed by atoms with Crippen LogP contribution >= 0.6 is 0 Å². The summed E-state index contributed by atoms with van der Waals surface area (Å²) in [6.45, 7) is 7.30. The Balaban J connectivity index is 1.91. The molecule has 2 unspecified atom stereocenters. The average Bonchev–Trinajstić information content (AvgIpc) is 2.72. The average molecular weight is 206 g/mol. The van der Waals surface area contributed by atoms with E-state index in [1.165, 1.54) is 45.4 Å². The Morgan fingerprint density at radius 3 is 3.00 bits per heavy atom. The van der Waals surface area contributed by atoms with Crippen LogP contribution in [0, 0.1) is 12.3 Å².